The summed E-state index contributed by atoms with van der Waals surface area (Å²) in [6.07, 6.45) is 1.31. The lowest BCUT2D eigenvalue weighted by molar-refractivity contribution is 0.00640. The van der Waals surface area contributed by atoms with Crippen molar-refractivity contribution in [3.8, 4) is 0 Å². The quantitative estimate of drug-likeness (QED) is 0.464. The molecule has 1 rings (SSSR count). The van der Waals surface area contributed by atoms with E-state index in [0.29, 0.717) is 0 Å². The molecule has 0 saturated heterocycles. The number of rotatable bonds is 2. The average molecular weight is 238 g/mol. The van der Waals surface area contributed by atoms with Crippen molar-refractivity contribution >= 4 is 24.2 Å². The predicted molar refractivity (Wildman–Crippen MR) is 63.6 cm³/mol. The van der Waals surface area contributed by atoms with Gasteiger partial charge in [-0.15, -0.1) is 0 Å². The molecule has 1 heterocycles. The highest BCUT2D eigenvalue weighted by atomic mass is 16.6. The number of nitrogen functional groups attached to an aromatic ring is 1. The number of nitrogens with zero attached hydrogens (tertiary/aromatic N) is 1. The van der Waals surface area contributed by atoms with Crippen LogP contribution in [0.1, 0.15) is 31.3 Å². The van der Waals surface area contributed by atoms with Gasteiger partial charge in [0.1, 0.15) is 11.3 Å². The summed E-state index contributed by atoms with van der Waals surface area (Å²) < 4.78 is 5.09. The molecule has 1 aromatic rings. The van der Waals surface area contributed by atoms with E-state index in [9.17, 15) is 4.79 Å². The van der Waals surface area contributed by atoms with Gasteiger partial charge in [-0.3, -0.25) is 0 Å². The highest BCUT2D eigenvalue weighted by Crippen LogP contribution is 2.11. The molecule has 0 spiro atoms. The Morgan fingerprint density at radius 3 is 2.53 bits per heavy atom. The number of hydrogen-bond donors (Lipinski definition) is 3. The normalized spacial score (nSPS) is 11.1. The van der Waals surface area contributed by atoms with Crippen molar-refractivity contribution in [3.05, 3.63) is 18.0 Å². The molecular formula is C10H15BN2O4. The van der Waals surface area contributed by atoms with Gasteiger partial charge in [-0.25, -0.2) is 9.78 Å². The van der Waals surface area contributed by atoms with E-state index in [1.54, 1.807) is 20.8 Å². The minimum Gasteiger partial charge on any atom is -0.455 e. The fourth-order valence-electron chi connectivity index (χ4n) is 1.25. The topological polar surface area (TPSA) is 106 Å². The Morgan fingerprint density at radius 2 is 2.06 bits per heavy atom. The van der Waals surface area contributed by atoms with Crippen LogP contribution in [0.4, 0.5) is 5.69 Å². The molecule has 0 atom stereocenters. The van der Waals surface area contributed by atoms with Crippen molar-refractivity contribution in [1.29, 1.82) is 0 Å². The zero-order valence-electron chi connectivity index (χ0n) is 9.97. The minimum atomic E-state index is -1.87. The second kappa shape index (κ2) is 4.73. The van der Waals surface area contributed by atoms with E-state index < -0.39 is 18.7 Å². The summed E-state index contributed by atoms with van der Waals surface area (Å²) in [5, 5.41) is 18.3. The molecule has 0 unspecified atom stereocenters. The van der Waals surface area contributed by atoms with Crippen LogP contribution in [0.2, 0.25) is 0 Å². The van der Waals surface area contributed by atoms with Crippen LogP contribution in [0.25, 0.3) is 0 Å². The van der Waals surface area contributed by atoms with Crippen LogP contribution in [0.15, 0.2) is 12.3 Å². The van der Waals surface area contributed by atoms with E-state index in [1.807, 2.05) is 0 Å². The van der Waals surface area contributed by atoms with Gasteiger partial charge in [-0.2, -0.15) is 0 Å². The smallest absolute Gasteiger partial charge is 0.455 e. The van der Waals surface area contributed by atoms with Gasteiger partial charge < -0.3 is 20.5 Å². The molecule has 92 valence electrons. The average Bonchev–Trinajstić information content (AvgIpc) is 2.13. The van der Waals surface area contributed by atoms with Crippen LogP contribution in [-0.2, 0) is 4.74 Å². The monoisotopic (exact) mass is 238 g/mol. The van der Waals surface area contributed by atoms with E-state index in [-0.39, 0.29) is 16.8 Å². The summed E-state index contributed by atoms with van der Waals surface area (Å²) in [5.74, 6) is -0.743. The number of ether oxygens (including phenoxy) is 1. The maximum absolute atomic E-state index is 11.8. The third kappa shape index (κ3) is 3.43. The fourth-order valence-corrected chi connectivity index (χ4v) is 1.25. The maximum atomic E-state index is 11.8. The van der Waals surface area contributed by atoms with Crippen molar-refractivity contribution in [3.63, 3.8) is 0 Å². The lowest BCUT2D eigenvalue weighted by atomic mass is 9.77. The van der Waals surface area contributed by atoms with E-state index in [4.69, 9.17) is 20.5 Å². The number of carbonyl (C=O) groups is 1. The molecule has 17 heavy (non-hydrogen) atoms. The van der Waals surface area contributed by atoms with Crippen molar-refractivity contribution in [1.82, 2.24) is 4.98 Å². The number of aromatic nitrogens is 1. The first-order valence-corrected chi connectivity index (χ1v) is 5.06. The van der Waals surface area contributed by atoms with Gasteiger partial charge in [-0.05, 0) is 26.8 Å². The van der Waals surface area contributed by atoms with Crippen molar-refractivity contribution in [2.24, 2.45) is 0 Å². The molecule has 0 saturated carbocycles. The van der Waals surface area contributed by atoms with Crippen LogP contribution in [0.5, 0.6) is 0 Å². The van der Waals surface area contributed by atoms with Gasteiger partial charge in [0.15, 0.2) is 0 Å². The Hall–Kier alpha value is -1.60. The standard InChI is InChI=1S/C10H15BN2O4/c1-10(2,3)17-9(14)8-7(11(15)16)6(12)4-5-13-8/h4-5,15-16H,1-3H3,(H2,12,13). The van der Waals surface area contributed by atoms with Crippen molar-refractivity contribution < 1.29 is 19.6 Å². The lowest BCUT2D eigenvalue weighted by Gasteiger charge is -2.20. The largest absolute Gasteiger partial charge is 0.493 e. The molecule has 0 aliphatic heterocycles. The van der Waals surface area contributed by atoms with Crippen LogP contribution >= 0.6 is 0 Å². The summed E-state index contributed by atoms with van der Waals surface area (Å²) >= 11 is 0. The van der Waals surface area contributed by atoms with Crippen LogP contribution < -0.4 is 11.2 Å². The van der Waals surface area contributed by atoms with Gasteiger partial charge in [0.05, 0.1) is 0 Å². The highest BCUT2D eigenvalue weighted by molar-refractivity contribution is 6.62. The Bertz CT molecular complexity index is 429. The Kier molecular flexibility index (Phi) is 3.74. The summed E-state index contributed by atoms with van der Waals surface area (Å²) in [5.41, 5.74) is 4.62. The SMILES string of the molecule is CC(C)(C)OC(=O)c1nccc(N)c1B(O)O. The lowest BCUT2D eigenvalue weighted by Crippen LogP contribution is -2.39. The number of carbonyl (C=O) groups excluding carboxylic acids is 1. The molecule has 0 amide bonds. The van der Waals surface area contributed by atoms with E-state index in [2.05, 4.69) is 4.98 Å². The minimum absolute atomic E-state index is 0.0795. The summed E-state index contributed by atoms with van der Waals surface area (Å²) in [4.78, 5) is 15.5. The van der Waals surface area contributed by atoms with Crippen LogP contribution in [-0.4, -0.2) is 33.7 Å². The van der Waals surface area contributed by atoms with Gasteiger partial charge in [0.2, 0.25) is 0 Å². The maximum Gasteiger partial charge on any atom is 0.493 e. The highest BCUT2D eigenvalue weighted by Gasteiger charge is 2.28. The van der Waals surface area contributed by atoms with Gasteiger partial charge >= 0.3 is 13.1 Å². The van der Waals surface area contributed by atoms with E-state index >= 15 is 0 Å². The van der Waals surface area contributed by atoms with E-state index in [1.165, 1.54) is 12.3 Å². The zero-order chi connectivity index (χ0) is 13.2. The number of nitrogens with two attached hydrogens (primary N) is 1. The predicted octanol–water partition coefficient (Wildman–Crippen LogP) is -0.701. The Labute approximate surface area is 99.6 Å². The van der Waals surface area contributed by atoms with Gasteiger partial charge in [0, 0.05) is 17.3 Å². The van der Waals surface area contributed by atoms with Crippen molar-refractivity contribution in [2.45, 2.75) is 26.4 Å². The van der Waals surface area contributed by atoms with E-state index in [0.717, 1.165) is 0 Å². The molecule has 0 fully saturated rings. The summed E-state index contributed by atoms with van der Waals surface area (Å²) in [7, 11) is -1.87. The Balaban J connectivity index is 3.14. The molecule has 0 aliphatic rings. The molecule has 4 N–H and O–H groups in total. The number of anilines is 1. The van der Waals surface area contributed by atoms with Gasteiger partial charge in [0.25, 0.3) is 0 Å². The third-order valence-corrected chi connectivity index (χ3v) is 1.87. The molecule has 0 aromatic carbocycles. The van der Waals surface area contributed by atoms with Crippen molar-refractivity contribution in [2.75, 3.05) is 5.73 Å². The first kappa shape index (κ1) is 13.5. The first-order chi connectivity index (χ1) is 7.72. The third-order valence-electron chi connectivity index (χ3n) is 1.87. The number of pyridine rings is 1. The first-order valence-electron chi connectivity index (χ1n) is 5.06. The second-order valence-electron chi connectivity index (χ2n) is 4.54. The molecule has 0 bridgehead atoms. The molecule has 6 nitrogen and oxygen atoms in total. The zero-order valence-corrected chi connectivity index (χ0v) is 9.97. The van der Waals surface area contributed by atoms with Crippen LogP contribution in [0, 0.1) is 0 Å². The van der Waals surface area contributed by atoms with Crippen LogP contribution in [0.3, 0.4) is 0 Å². The molecule has 7 heteroatoms. The fraction of sp³-hybridized carbons (Fsp3) is 0.400. The summed E-state index contributed by atoms with van der Waals surface area (Å²) in [6.45, 7) is 5.10. The summed E-state index contributed by atoms with van der Waals surface area (Å²) in [6, 6.07) is 1.38. The molecular weight excluding hydrogens is 223 g/mol. The number of hydrogen-bond acceptors (Lipinski definition) is 6. The van der Waals surface area contributed by atoms with Gasteiger partial charge in [-0.1, -0.05) is 0 Å². The second-order valence-corrected chi connectivity index (χ2v) is 4.54. The molecule has 1 aromatic heterocycles. The Morgan fingerprint density at radius 1 is 1.47 bits per heavy atom. The number of esters is 1. The molecule has 0 radical (unpaired) electrons. The molecule has 0 aliphatic carbocycles.